The molecule has 2 aliphatic heterocycles. The van der Waals surface area contributed by atoms with Gasteiger partial charge in [-0.3, -0.25) is 9.78 Å². The molecular formula is C22H23N5O2. The average Bonchev–Trinajstić information content (AvgIpc) is 3.24. The number of rotatable bonds is 3. The average molecular weight is 389 g/mol. The molecule has 2 N–H and O–H groups in total. The third-order valence-corrected chi connectivity index (χ3v) is 5.60. The number of nitrogens with zero attached hydrogens (tertiary/aromatic N) is 3. The van der Waals surface area contributed by atoms with Crippen LogP contribution in [0.5, 0.6) is 0 Å². The lowest BCUT2D eigenvalue weighted by Crippen LogP contribution is -2.36. The SMILES string of the molecule is CC1CNC(=O)c2cc(-c3ccnc(-c4ccc(N5CCOCC5)nc4)c3)[nH]c21. The quantitative estimate of drug-likeness (QED) is 0.720. The van der Waals surface area contributed by atoms with Crippen molar-refractivity contribution in [2.24, 2.45) is 0 Å². The van der Waals surface area contributed by atoms with E-state index in [0.29, 0.717) is 6.54 Å². The number of amides is 1. The Labute approximate surface area is 169 Å². The van der Waals surface area contributed by atoms with Gasteiger partial charge in [0.05, 0.1) is 24.5 Å². The normalized spacial score (nSPS) is 19.0. The molecule has 0 bridgehead atoms. The van der Waals surface area contributed by atoms with E-state index in [0.717, 1.165) is 65.9 Å². The highest BCUT2D eigenvalue weighted by Crippen LogP contribution is 2.30. The second-order valence-corrected chi connectivity index (χ2v) is 7.56. The van der Waals surface area contributed by atoms with Crippen LogP contribution in [0.3, 0.4) is 0 Å². The number of ether oxygens (including phenoxy) is 1. The third kappa shape index (κ3) is 3.38. The summed E-state index contributed by atoms with van der Waals surface area (Å²) in [5.74, 6) is 1.22. The molecule has 5 rings (SSSR count). The number of hydrogen-bond acceptors (Lipinski definition) is 5. The number of aromatic amines is 1. The van der Waals surface area contributed by atoms with Crippen LogP contribution in [0.1, 0.15) is 28.9 Å². The molecule has 0 aliphatic carbocycles. The largest absolute Gasteiger partial charge is 0.378 e. The summed E-state index contributed by atoms with van der Waals surface area (Å²) in [6.07, 6.45) is 3.66. The predicted octanol–water partition coefficient (Wildman–Crippen LogP) is 2.82. The molecule has 0 radical (unpaired) electrons. The first kappa shape index (κ1) is 17.9. The summed E-state index contributed by atoms with van der Waals surface area (Å²) < 4.78 is 5.41. The first-order chi connectivity index (χ1) is 14.2. The van der Waals surface area contributed by atoms with Crippen LogP contribution in [0.15, 0.2) is 42.7 Å². The zero-order chi connectivity index (χ0) is 19.8. The minimum atomic E-state index is -0.0159. The van der Waals surface area contributed by atoms with Crippen LogP contribution in [0.25, 0.3) is 22.5 Å². The number of aromatic nitrogens is 3. The van der Waals surface area contributed by atoms with Crippen LogP contribution in [0.2, 0.25) is 0 Å². The van der Waals surface area contributed by atoms with Gasteiger partial charge in [0.2, 0.25) is 0 Å². The minimum absolute atomic E-state index is 0.0159. The van der Waals surface area contributed by atoms with Crippen molar-refractivity contribution in [3.63, 3.8) is 0 Å². The number of fused-ring (bicyclic) bond motifs is 1. The molecule has 1 saturated heterocycles. The number of anilines is 1. The van der Waals surface area contributed by atoms with Crippen LogP contribution in [0.4, 0.5) is 5.82 Å². The standard InChI is InChI=1S/C22H23N5O2/c1-14-12-25-22(28)17-11-19(26-21(14)17)15-4-5-23-18(10-15)16-2-3-20(24-13-16)27-6-8-29-9-7-27/h2-5,10-11,13-14,26H,6-9,12H2,1H3,(H,25,28). The Kier molecular flexibility index (Phi) is 4.52. The second-order valence-electron chi connectivity index (χ2n) is 7.56. The fourth-order valence-electron chi connectivity index (χ4n) is 3.92. The Morgan fingerprint density at radius 2 is 1.97 bits per heavy atom. The number of nitrogens with one attached hydrogen (secondary N) is 2. The van der Waals surface area contributed by atoms with E-state index >= 15 is 0 Å². The van der Waals surface area contributed by atoms with Crippen molar-refractivity contribution >= 4 is 11.7 Å². The number of pyridine rings is 2. The number of hydrogen-bond donors (Lipinski definition) is 2. The molecule has 7 heteroatoms. The van der Waals surface area contributed by atoms with Gasteiger partial charge in [-0.05, 0) is 30.3 Å². The van der Waals surface area contributed by atoms with Gasteiger partial charge in [0.25, 0.3) is 5.91 Å². The van der Waals surface area contributed by atoms with E-state index in [2.05, 4.69) is 38.2 Å². The molecule has 29 heavy (non-hydrogen) atoms. The summed E-state index contributed by atoms with van der Waals surface area (Å²) in [4.78, 5) is 27.0. The van der Waals surface area contributed by atoms with Crippen LogP contribution in [-0.2, 0) is 4.74 Å². The van der Waals surface area contributed by atoms with Gasteiger partial charge in [-0.2, -0.15) is 0 Å². The van der Waals surface area contributed by atoms with Crippen LogP contribution in [0, 0.1) is 0 Å². The lowest BCUT2D eigenvalue weighted by atomic mass is 9.99. The molecule has 2 aliphatic rings. The van der Waals surface area contributed by atoms with Gasteiger partial charge in [0.1, 0.15) is 5.82 Å². The summed E-state index contributed by atoms with van der Waals surface area (Å²) in [5, 5.41) is 2.93. The molecular weight excluding hydrogens is 366 g/mol. The van der Waals surface area contributed by atoms with Crippen molar-refractivity contribution < 1.29 is 9.53 Å². The van der Waals surface area contributed by atoms with E-state index in [1.807, 2.05) is 30.5 Å². The summed E-state index contributed by atoms with van der Waals surface area (Å²) in [6, 6.07) is 10.0. The Bertz CT molecular complexity index is 1040. The second kappa shape index (κ2) is 7.33. The molecule has 5 heterocycles. The molecule has 0 spiro atoms. The minimum Gasteiger partial charge on any atom is -0.378 e. The molecule has 0 aromatic carbocycles. The molecule has 3 aromatic rings. The highest BCUT2D eigenvalue weighted by atomic mass is 16.5. The van der Waals surface area contributed by atoms with E-state index < -0.39 is 0 Å². The van der Waals surface area contributed by atoms with Crippen molar-refractivity contribution in [3.05, 3.63) is 54.0 Å². The first-order valence-electron chi connectivity index (χ1n) is 9.96. The summed E-state index contributed by atoms with van der Waals surface area (Å²) in [6.45, 7) is 5.98. The fourth-order valence-corrected chi connectivity index (χ4v) is 3.92. The summed E-state index contributed by atoms with van der Waals surface area (Å²) >= 11 is 0. The maximum absolute atomic E-state index is 12.2. The zero-order valence-electron chi connectivity index (χ0n) is 16.3. The van der Waals surface area contributed by atoms with Crippen molar-refractivity contribution in [1.29, 1.82) is 0 Å². The van der Waals surface area contributed by atoms with Gasteiger partial charge in [-0.15, -0.1) is 0 Å². The molecule has 1 amide bonds. The zero-order valence-corrected chi connectivity index (χ0v) is 16.3. The lowest BCUT2D eigenvalue weighted by Gasteiger charge is -2.27. The molecule has 3 aromatic heterocycles. The number of carbonyl (C=O) groups excluding carboxylic acids is 1. The Morgan fingerprint density at radius 3 is 2.72 bits per heavy atom. The fraction of sp³-hybridized carbons (Fsp3) is 0.318. The van der Waals surface area contributed by atoms with Gasteiger partial charge in [0.15, 0.2) is 0 Å². The molecule has 148 valence electrons. The van der Waals surface area contributed by atoms with E-state index in [1.54, 1.807) is 6.20 Å². The monoisotopic (exact) mass is 389 g/mol. The van der Waals surface area contributed by atoms with Crippen LogP contribution < -0.4 is 10.2 Å². The van der Waals surface area contributed by atoms with E-state index in [1.165, 1.54) is 0 Å². The predicted molar refractivity (Wildman–Crippen MR) is 111 cm³/mol. The topological polar surface area (TPSA) is 83.1 Å². The van der Waals surface area contributed by atoms with Crippen LogP contribution in [-0.4, -0.2) is 53.7 Å². The molecule has 1 atom stereocenters. The van der Waals surface area contributed by atoms with Crippen molar-refractivity contribution in [2.45, 2.75) is 12.8 Å². The van der Waals surface area contributed by atoms with Gasteiger partial charge in [0, 0.05) is 60.5 Å². The van der Waals surface area contributed by atoms with Gasteiger partial charge >= 0.3 is 0 Å². The van der Waals surface area contributed by atoms with Gasteiger partial charge < -0.3 is 19.9 Å². The summed E-state index contributed by atoms with van der Waals surface area (Å²) in [7, 11) is 0. The Balaban J connectivity index is 1.43. The smallest absolute Gasteiger partial charge is 0.253 e. The maximum atomic E-state index is 12.2. The first-order valence-corrected chi connectivity index (χ1v) is 9.96. The number of carbonyl (C=O) groups is 1. The maximum Gasteiger partial charge on any atom is 0.253 e. The molecule has 0 saturated carbocycles. The van der Waals surface area contributed by atoms with E-state index in [9.17, 15) is 4.79 Å². The van der Waals surface area contributed by atoms with Crippen molar-refractivity contribution in [2.75, 3.05) is 37.7 Å². The molecule has 7 nitrogen and oxygen atoms in total. The summed E-state index contributed by atoms with van der Waals surface area (Å²) in [5.41, 5.74) is 5.48. The highest BCUT2D eigenvalue weighted by Gasteiger charge is 2.25. The van der Waals surface area contributed by atoms with Crippen molar-refractivity contribution in [3.8, 4) is 22.5 Å². The Hall–Kier alpha value is -3.19. The van der Waals surface area contributed by atoms with Crippen molar-refractivity contribution in [1.82, 2.24) is 20.3 Å². The van der Waals surface area contributed by atoms with E-state index in [-0.39, 0.29) is 11.8 Å². The molecule has 1 fully saturated rings. The van der Waals surface area contributed by atoms with Crippen LogP contribution >= 0.6 is 0 Å². The number of morpholine rings is 1. The lowest BCUT2D eigenvalue weighted by molar-refractivity contribution is 0.0941. The Morgan fingerprint density at radius 1 is 1.10 bits per heavy atom. The third-order valence-electron chi connectivity index (χ3n) is 5.60. The molecule has 1 unspecified atom stereocenters. The van der Waals surface area contributed by atoms with E-state index in [4.69, 9.17) is 4.74 Å². The number of H-pyrrole nitrogens is 1. The van der Waals surface area contributed by atoms with Gasteiger partial charge in [-0.1, -0.05) is 6.92 Å². The van der Waals surface area contributed by atoms with Gasteiger partial charge in [-0.25, -0.2) is 4.98 Å². The highest BCUT2D eigenvalue weighted by molar-refractivity contribution is 5.98.